The van der Waals surface area contributed by atoms with Crippen molar-refractivity contribution in [2.75, 3.05) is 26.9 Å². The monoisotopic (exact) mass is 297 g/mol. The highest BCUT2D eigenvalue weighted by atomic mass is 35.5. The van der Waals surface area contributed by atoms with Crippen molar-refractivity contribution in [3.8, 4) is 0 Å². The van der Waals surface area contributed by atoms with Crippen LogP contribution >= 0.6 is 11.6 Å². The summed E-state index contributed by atoms with van der Waals surface area (Å²) in [6, 6.07) is 1.96. The number of aromatic nitrogens is 3. The minimum Gasteiger partial charge on any atom is -0.382 e. The van der Waals surface area contributed by atoms with Crippen LogP contribution in [-0.2, 0) is 21.9 Å². The highest BCUT2D eigenvalue weighted by molar-refractivity contribution is 6.16. The normalized spacial score (nSPS) is 11.3. The van der Waals surface area contributed by atoms with Crippen LogP contribution in [0.25, 0.3) is 11.2 Å². The van der Waals surface area contributed by atoms with Gasteiger partial charge in [0.15, 0.2) is 5.65 Å². The molecule has 110 valence electrons. The highest BCUT2D eigenvalue weighted by Crippen LogP contribution is 2.19. The standard InChI is InChI=1S/C14H20ClN3O2/c1-11-4-5-16-14-13(11)17-12(10-15)18(14)6-3-7-20-9-8-19-2/h4-5H,3,6-10H2,1-2H3. The van der Waals surface area contributed by atoms with E-state index in [9.17, 15) is 0 Å². The van der Waals surface area contributed by atoms with Crippen LogP contribution < -0.4 is 0 Å². The van der Waals surface area contributed by atoms with Crippen molar-refractivity contribution in [2.24, 2.45) is 0 Å². The number of aryl methyl sites for hydroxylation is 2. The van der Waals surface area contributed by atoms with Crippen molar-refractivity contribution in [1.29, 1.82) is 0 Å². The van der Waals surface area contributed by atoms with Crippen LogP contribution in [-0.4, -0.2) is 41.5 Å². The summed E-state index contributed by atoms with van der Waals surface area (Å²) in [6.07, 6.45) is 2.71. The van der Waals surface area contributed by atoms with Gasteiger partial charge in [0.2, 0.25) is 0 Å². The molecule has 2 aromatic rings. The molecule has 0 atom stereocenters. The molecule has 0 saturated heterocycles. The van der Waals surface area contributed by atoms with Crippen molar-refractivity contribution in [3.63, 3.8) is 0 Å². The number of hydrogen-bond acceptors (Lipinski definition) is 4. The van der Waals surface area contributed by atoms with Gasteiger partial charge >= 0.3 is 0 Å². The van der Waals surface area contributed by atoms with E-state index >= 15 is 0 Å². The van der Waals surface area contributed by atoms with Crippen molar-refractivity contribution in [1.82, 2.24) is 14.5 Å². The first-order chi connectivity index (χ1) is 9.77. The van der Waals surface area contributed by atoms with Gasteiger partial charge in [-0.1, -0.05) is 0 Å². The van der Waals surface area contributed by atoms with E-state index < -0.39 is 0 Å². The zero-order chi connectivity index (χ0) is 14.4. The third-order valence-electron chi connectivity index (χ3n) is 3.14. The molecule has 6 heteroatoms. The Labute approximate surface area is 123 Å². The molecule has 0 spiro atoms. The van der Waals surface area contributed by atoms with Crippen LogP contribution in [0.1, 0.15) is 17.8 Å². The molecule has 0 aliphatic heterocycles. The lowest BCUT2D eigenvalue weighted by molar-refractivity contribution is 0.0680. The van der Waals surface area contributed by atoms with Crippen LogP contribution in [0.2, 0.25) is 0 Å². The van der Waals surface area contributed by atoms with Gasteiger partial charge in [-0.25, -0.2) is 9.97 Å². The maximum absolute atomic E-state index is 5.98. The van der Waals surface area contributed by atoms with Crippen LogP contribution in [0.15, 0.2) is 12.3 Å². The molecular formula is C14H20ClN3O2. The zero-order valence-corrected chi connectivity index (χ0v) is 12.7. The van der Waals surface area contributed by atoms with E-state index in [0.29, 0.717) is 25.7 Å². The molecule has 0 N–H and O–H groups in total. The molecule has 0 saturated carbocycles. The second kappa shape index (κ2) is 7.57. The lowest BCUT2D eigenvalue weighted by Crippen LogP contribution is -2.08. The molecule has 0 fully saturated rings. The number of fused-ring (bicyclic) bond motifs is 1. The van der Waals surface area contributed by atoms with Gasteiger partial charge in [-0.2, -0.15) is 0 Å². The van der Waals surface area contributed by atoms with Gasteiger partial charge in [-0.3, -0.25) is 0 Å². The molecule has 0 amide bonds. The number of pyridine rings is 1. The van der Waals surface area contributed by atoms with E-state index in [1.807, 2.05) is 19.2 Å². The van der Waals surface area contributed by atoms with Crippen LogP contribution in [0.5, 0.6) is 0 Å². The van der Waals surface area contributed by atoms with Crippen LogP contribution in [0.4, 0.5) is 0 Å². The minimum absolute atomic E-state index is 0.389. The molecule has 0 bridgehead atoms. The number of alkyl halides is 1. The van der Waals surface area contributed by atoms with E-state index in [1.165, 1.54) is 0 Å². The van der Waals surface area contributed by atoms with Crippen LogP contribution in [0, 0.1) is 6.92 Å². The average Bonchev–Trinajstić information content (AvgIpc) is 2.82. The minimum atomic E-state index is 0.389. The second-order valence-electron chi connectivity index (χ2n) is 4.57. The lowest BCUT2D eigenvalue weighted by Gasteiger charge is -2.07. The van der Waals surface area contributed by atoms with Gasteiger partial charge in [0.1, 0.15) is 11.3 Å². The first-order valence-corrected chi connectivity index (χ1v) is 7.24. The Bertz CT molecular complexity index is 557. The topological polar surface area (TPSA) is 49.2 Å². The Balaban J connectivity index is 2.03. The first-order valence-electron chi connectivity index (χ1n) is 6.71. The van der Waals surface area contributed by atoms with E-state index in [1.54, 1.807) is 7.11 Å². The second-order valence-corrected chi connectivity index (χ2v) is 4.84. The summed E-state index contributed by atoms with van der Waals surface area (Å²) in [5, 5.41) is 0. The Hall–Kier alpha value is -1.17. The molecule has 5 nitrogen and oxygen atoms in total. The molecule has 0 aromatic carbocycles. The number of methoxy groups -OCH3 is 1. The first kappa shape index (κ1) is 15.2. The summed E-state index contributed by atoms with van der Waals surface area (Å²) in [7, 11) is 1.67. The molecule has 0 unspecified atom stereocenters. The van der Waals surface area contributed by atoms with Crippen molar-refractivity contribution < 1.29 is 9.47 Å². The Morgan fingerprint density at radius 3 is 2.90 bits per heavy atom. The zero-order valence-electron chi connectivity index (χ0n) is 11.9. The number of nitrogens with zero attached hydrogens (tertiary/aromatic N) is 3. The molecule has 0 aliphatic rings. The third kappa shape index (κ3) is 3.48. The lowest BCUT2D eigenvalue weighted by atomic mass is 10.3. The van der Waals surface area contributed by atoms with Gasteiger partial charge < -0.3 is 14.0 Å². The van der Waals surface area contributed by atoms with E-state index in [4.69, 9.17) is 21.1 Å². The number of hydrogen-bond donors (Lipinski definition) is 0. The van der Waals surface area contributed by atoms with Gasteiger partial charge in [-0.05, 0) is 25.0 Å². The molecule has 2 aromatic heterocycles. The van der Waals surface area contributed by atoms with Gasteiger partial charge in [0.05, 0.1) is 19.1 Å². The summed E-state index contributed by atoms with van der Waals surface area (Å²) in [6.45, 7) is 4.79. The Kier molecular flexibility index (Phi) is 5.76. The summed E-state index contributed by atoms with van der Waals surface area (Å²) >= 11 is 5.98. The average molecular weight is 298 g/mol. The molecule has 0 radical (unpaired) electrons. The number of imidazole rings is 1. The quantitative estimate of drug-likeness (QED) is 0.555. The summed E-state index contributed by atoms with van der Waals surface area (Å²) in [5.41, 5.74) is 2.96. The Morgan fingerprint density at radius 2 is 2.15 bits per heavy atom. The SMILES string of the molecule is COCCOCCCn1c(CCl)nc2c(C)ccnc21. The fraction of sp³-hybridized carbons (Fsp3) is 0.571. The third-order valence-corrected chi connectivity index (χ3v) is 3.38. The van der Waals surface area contributed by atoms with Gasteiger partial charge in [-0.15, -0.1) is 11.6 Å². The maximum Gasteiger partial charge on any atom is 0.160 e. The molecule has 2 heterocycles. The fourth-order valence-corrected chi connectivity index (χ4v) is 2.29. The van der Waals surface area contributed by atoms with Crippen molar-refractivity contribution in [2.45, 2.75) is 25.8 Å². The predicted molar refractivity (Wildman–Crippen MR) is 79.1 cm³/mol. The molecule has 0 aliphatic carbocycles. The highest BCUT2D eigenvalue weighted by Gasteiger charge is 2.12. The number of ether oxygens (including phenoxy) is 2. The summed E-state index contributed by atoms with van der Waals surface area (Å²) in [5.74, 6) is 1.25. The summed E-state index contributed by atoms with van der Waals surface area (Å²) in [4.78, 5) is 8.99. The molecule has 20 heavy (non-hydrogen) atoms. The smallest absolute Gasteiger partial charge is 0.160 e. The molecule has 2 rings (SSSR count). The van der Waals surface area contributed by atoms with Crippen molar-refractivity contribution in [3.05, 3.63) is 23.7 Å². The van der Waals surface area contributed by atoms with Gasteiger partial charge in [0.25, 0.3) is 0 Å². The van der Waals surface area contributed by atoms with Crippen LogP contribution in [0.3, 0.4) is 0 Å². The van der Waals surface area contributed by atoms with Gasteiger partial charge in [0, 0.05) is 26.5 Å². The number of rotatable bonds is 8. The maximum atomic E-state index is 5.98. The Morgan fingerprint density at radius 1 is 1.30 bits per heavy atom. The van der Waals surface area contributed by atoms with E-state index in [-0.39, 0.29) is 0 Å². The van der Waals surface area contributed by atoms with E-state index in [2.05, 4.69) is 14.5 Å². The van der Waals surface area contributed by atoms with E-state index in [0.717, 1.165) is 35.5 Å². The largest absolute Gasteiger partial charge is 0.382 e. The molecular weight excluding hydrogens is 278 g/mol. The van der Waals surface area contributed by atoms with Crippen molar-refractivity contribution >= 4 is 22.8 Å². The predicted octanol–water partition coefficient (Wildman–Crippen LogP) is 2.53. The fourth-order valence-electron chi connectivity index (χ4n) is 2.09. The number of halogens is 1. The summed E-state index contributed by atoms with van der Waals surface area (Å²) < 4.78 is 12.5.